The molecule has 1 aliphatic heterocycles. The molecule has 34 heavy (non-hydrogen) atoms. The third kappa shape index (κ3) is 5.83. The van der Waals surface area contributed by atoms with Gasteiger partial charge in [-0.05, 0) is 32.3 Å². The van der Waals surface area contributed by atoms with Gasteiger partial charge >= 0.3 is 19.8 Å². The zero-order valence-corrected chi connectivity index (χ0v) is 19.5. The average molecular weight is 496 g/mol. The highest BCUT2D eigenvalue weighted by atomic mass is 31.1. The van der Waals surface area contributed by atoms with E-state index in [0.717, 1.165) is 0 Å². The summed E-state index contributed by atoms with van der Waals surface area (Å²) in [6.07, 6.45) is -5.88. The third-order valence-corrected chi connectivity index (χ3v) is 5.66. The molecule has 3 unspecified atom stereocenters. The van der Waals surface area contributed by atoms with Gasteiger partial charge in [0.05, 0.1) is 17.7 Å². The van der Waals surface area contributed by atoms with Crippen LogP contribution in [0.15, 0.2) is 15.8 Å². The molecule has 16 heteroatoms. The van der Waals surface area contributed by atoms with Gasteiger partial charge in [0, 0.05) is 0 Å². The molecule has 1 fully saturated rings. The number of esters is 1. The number of aliphatic hydroxyl groups is 2. The van der Waals surface area contributed by atoms with Crippen molar-refractivity contribution in [1.29, 1.82) is 0 Å². The molecule has 2 heterocycles. The number of nitrogens with zero attached hydrogens (tertiary/aromatic N) is 1. The molecule has 6 atom stereocenters. The second-order valence-electron chi connectivity index (χ2n) is 7.74. The van der Waals surface area contributed by atoms with Crippen molar-refractivity contribution in [1.82, 2.24) is 14.6 Å². The maximum absolute atomic E-state index is 13.8. The molecule has 1 aromatic heterocycles. The highest BCUT2D eigenvalue weighted by molar-refractivity contribution is 7.37. The van der Waals surface area contributed by atoms with Crippen molar-refractivity contribution < 1.29 is 38.0 Å². The van der Waals surface area contributed by atoms with Gasteiger partial charge in [0.25, 0.3) is 5.56 Å². The average Bonchev–Trinajstić information content (AvgIpc) is 2.95. The largest absolute Gasteiger partial charge is 0.612 e. The van der Waals surface area contributed by atoms with Crippen molar-refractivity contribution >= 4 is 29.8 Å². The topological polar surface area (TPSA) is 169 Å². The zero-order valence-electron chi connectivity index (χ0n) is 18.6. The SMILES string of the molecule is [B]C([B])(O[P+](=O)N[C@@H](C)C(=O)OC(C)C)C1O[C@@H](n2cc(F)c(=O)[nH]c2=O)C(O)(C#CC)[C@H]1O. The van der Waals surface area contributed by atoms with E-state index in [9.17, 15) is 33.6 Å². The molecule has 4 radical (unpaired) electrons. The lowest BCUT2D eigenvalue weighted by molar-refractivity contribution is -0.149. The number of rotatable bonds is 8. The Labute approximate surface area is 196 Å². The summed E-state index contributed by atoms with van der Waals surface area (Å²) in [5, 5.41) is 21.4. The van der Waals surface area contributed by atoms with Gasteiger partial charge < -0.3 is 19.7 Å². The van der Waals surface area contributed by atoms with Crippen molar-refractivity contribution in [3.63, 3.8) is 0 Å². The Morgan fingerprint density at radius 3 is 2.62 bits per heavy atom. The molecule has 0 aliphatic carbocycles. The molecule has 0 aromatic carbocycles. The van der Waals surface area contributed by atoms with Gasteiger partial charge in [-0.1, -0.05) is 11.0 Å². The van der Waals surface area contributed by atoms with E-state index in [1.807, 2.05) is 0 Å². The zero-order chi connectivity index (χ0) is 26.0. The molecule has 0 spiro atoms. The van der Waals surface area contributed by atoms with Gasteiger partial charge in [-0.25, -0.2) is 4.79 Å². The fourth-order valence-electron chi connectivity index (χ4n) is 3.06. The van der Waals surface area contributed by atoms with Crippen molar-refractivity contribution in [2.75, 3.05) is 0 Å². The molecule has 180 valence electrons. The Morgan fingerprint density at radius 1 is 1.44 bits per heavy atom. The molecule has 1 aliphatic rings. The van der Waals surface area contributed by atoms with E-state index in [1.165, 1.54) is 13.8 Å². The van der Waals surface area contributed by atoms with Gasteiger partial charge in [-0.2, -0.15) is 4.39 Å². The first-order chi connectivity index (χ1) is 15.6. The van der Waals surface area contributed by atoms with Crippen LogP contribution in [0.25, 0.3) is 0 Å². The van der Waals surface area contributed by atoms with E-state index >= 15 is 0 Å². The van der Waals surface area contributed by atoms with Gasteiger partial charge in [0.1, 0.15) is 33.9 Å². The molecule has 2 rings (SSSR count). The summed E-state index contributed by atoms with van der Waals surface area (Å²) >= 11 is 0. The lowest BCUT2D eigenvalue weighted by Crippen LogP contribution is -2.55. The van der Waals surface area contributed by atoms with E-state index < -0.39 is 72.8 Å². The summed E-state index contributed by atoms with van der Waals surface area (Å²) < 4.78 is 42.0. The van der Waals surface area contributed by atoms with Crippen LogP contribution in [0.3, 0.4) is 0 Å². The fraction of sp³-hybridized carbons (Fsp3) is 0.611. The summed E-state index contributed by atoms with van der Waals surface area (Å²) in [6.45, 7) is 5.85. The van der Waals surface area contributed by atoms with E-state index in [0.29, 0.717) is 10.8 Å². The summed E-state index contributed by atoms with van der Waals surface area (Å²) in [6, 6.07) is -1.10. The highest BCUT2D eigenvalue weighted by Gasteiger charge is 2.61. The molecule has 0 amide bonds. The molecule has 0 bridgehead atoms. The Hall–Kier alpha value is -2.33. The lowest BCUT2D eigenvalue weighted by atomic mass is 9.60. The van der Waals surface area contributed by atoms with Crippen LogP contribution in [0.1, 0.15) is 33.9 Å². The Bertz CT molecular complexity index is 1130. The number of carbonyl (C=O) groups is 1. The molecule has 12 nitrogen and oxygen atoms in total. The Kier molecular flexibility index (Phi) is 8.63. The summed E-state index contributed by atoms with van der Waals surface area (Å²) in [5.41, 5.74) is -5.12. The third-order valence-electron chi connectivity index (χ3n) is 4.58. The first-order valence-corrected chi connectivity index (χ1v) is 11.0. The number of H-pyrrole nitrogens is 1. The van der Waals surface area contributed by atoms with Crippen LogP contribution in [0.2, 0.25) is 0 Å². The van der Waals surface area contributed by atoms with Crippen LogP contribution < -0.4 is 16.3 Å². The number of carbonyl (C=O) groups excluding carboxylic acids is 1. The van der Waals surface area contributed by atoms with Crippen molar-refractivity contribution in [2.24, 2.45) is 0 Å². The van der Waals surface area contributed by atoms with Crippen LogP contribution in [-0.4, -0.2) is 76.8 Å². The Balaban J connectivity index is 2.32. The lowest BCUT2D eigenvalue weighted by Gasteiger charge is -2.30. The summed E-state index contributed by atoms with van der Waals surface area (Å²) in [5.74, 6) is 2.43. The summed E-state index contributed by atoms with van der Waals surface area (Å²) in [7, 11) is 8.74. The van der Waals surface area contributed by atoms with Crippen molar-refractivity contribution in [3.8, 4) is 11.8 Å². The summed E-state index contributed by atoms with van der Waals surface area (Å²) in [4.78, 5) is 37.1. The first kappa shape index (κ1) is 27.9. The molecule has 1 aromatic rings. The van der Waals surface area contributed by atoms with Crippen LogP contribution >= 0.6 is 8.18 Å². The van der Waals surface area contributed by atoms with Crippen LogP contribution in [0.4, 0.5) is 4.39 Å². The minimum absolute atomic E-state index is 0.433. The molecule has 4 N–H and O–H groups in total. The van der Waals surface area contributed by atoms with Gasteiger partial charge in [-0.15, -0.1) is 10.4 Å². The predicted molar refractivity (Wildman–Crippen MR) is 116 cm³/mol. The number of ether oxygens (including phenoxy) is 2. The number of aromatic nitrogens is 2. The molecular weight excluding hydrogens is 474 g/mol. The minimum atomic E-state index is -2.96. The smallest absolute Gasteiger partial charge is 0.462 e. The van der Waals surface area contributed by atoms with E-state index in [-0.39, 0.29) is 0 Å². The molecule has 1 saturated heterocycles. The number of nitrogens with one attached hydrogen (secondary N) is 2. The second-order valence-corrected chi connectivity index (χ2v) is 8.69. The number of halogens is 1. The number of aromatic amines is 1. The monoisotopic (exact) mass is 496 g/mol. The van der Waals surface area contributed by atoms with Gasteiger partial charge in [0.15, 0.2) is 11.8 Å². The quantitative estimate of drug-likeness (QED) is 0.141. The van der Waals surface area contributed by atoms with E-state index in [2.05, 4.69) is 16.9 Å². The molecule has 0 saturated carbocycles. The predicted octanol–water partition coefficient (Wildman–Crippen LogP) is -1.72. The fourth-order valence-corrected chi connectivity index (χ4v) is 3.93. The minimum Gasteiger partial charge on any atom is -0.462 e. The van der Waals surface area contributed by atoms with E-state index in [4.69, 9.17) is 29.7 Å². The van der Waals surface area contributed by atoms with Crippen molar-refractivity contribution in [3.05, 3.63) is 32.9 Å². The highest BCUT2D eigenvalue weighted by Crippen LogP contribution is 2.42. The number of aliphatic hydroxyl groups excluding tert-OH is 1. The second kappa shape index (κ2) is 10.5. The van der Waals surface area contributed by atoms with Crippen LogP contribution in [0, 0.1) is 17.7 Å². The number of hydrogen-bond acceptors (Lipinski definition) is 9. The van der Waals surface area contributed by atoms with Crippen LogP contribution in [0.5, 0.6) is 0 Å². The van der Waals surface area contributed by atoms with E-state index in [1.54, 1.807) is 18.8 Å². The maximum atomic E-state index is 13.8. The number of hydrogen-bond donors (Lipinski definition) is 4. The van der Waals surface area contributed by atoms with Crippen LogP contribution in [-0.2, 0) is 23.4 Å². The maximum Gasteiger partial charge on any atom is 0.612 e. The standard InChI is InChI=1S/C18H21B2FN3O9P/c1-5-6-17(29)11(25)12(32-15(17)24-7-10(21)13(26)22-16(24)28)18(19,20)33-34(30)23-9(4)14(27)31-8(2)3/h7-9,11-12,15,25,29H,1-4H3,(H-,22,23,26,28,30)/p+1/t9-,11-,12?,15+,17?/m0/s1. The van der Waals surface area contributed by atoms with Crippen molar-refractivity contribution in [2.45, 2.75) is 69.3 Å². The molecular formula is C18H22B2FN3O9P+. The normalized spacial score (nSPS) is 26.0. The van der Waals surface area contributed by atoms with Gasteiger partial charge in [0.2, 0.25) is 5.82 Å². The Morgan fingerprint density at radius 2 is 2.06 bits per heavy atom. The first-order valence-electron chi connectivity index (χ1n) is 9.85. The van der Waals surface area contributed by atoms with Gasteiger partial charge in [-0.3, -0.25) is 19.1 Å².